The van der Waals surface area contributed by atoms with E-state index in [1.807, 2.05) is 12.1 Å². The molecule has 1 aliphatic rings. The first-order chi connectivity index (χ1) is 11.1. The topological polar surface area (TPSA) is 66.4 Å². The fraction of sp³-hybridized carbons (Fsp3) is 0.0588. The van der Waals surface area contributed by atoms with Crippen LogP contribution in [-0.4, -0.2) is 22.5 Å². The minimum atomic E-state index is -0.380. The number of carbonyl (C=O) groups is 2. The van der Waals surface area contributed by atoms with Gasteiger partial charge >= 0.3 is 0 Å². The van der Waals surface area contributed by atoms with E-state index in [4.69, 9.17) is 11.6 Å². The van der Waals surface area contributed by atoms with Crippen molar-refractivity contribution in [3.63, 3.8) is 0 Å². The van der Waals surface area contributed by atoms with Gasteiger partial charge in [-0.15, -0.1) is 11.8 Å². The lowest BCUT2D eigenvalue weighted by atomic mass is 9.92. The number of ketones is 2. The normalized spacial score (nSPS) is 13.5. The van der Waals surface area contributed by atoms with Crippen molar-refractivity contribution in [2.45, 2.75) is 4.90 Å². The summed E-state index contributed by atoms with van der Waals surface area (Å²) in [6.07, 6.45) is 1.27. The summed E-state index contributed by atoms with van der Waals surface area (Å²) in [6.45, 7) is 0. The van der Waals surface area contributed by atoms with Crippen LogP contribution in [0.2, 0.25) is 5.02 Å². The van der Waals surface area contributed by atoms with Gasteiger partial charge in [0.25, 0.3) is 0 Å². The Hall–Kier alpha value is -2.24. The predicted octanol–water partition coefficient (Wildman–Crippen LogP) is 3.65. The number of fused-ring (bicyclic) bond motifs is 1. The number of phenolic OH excluding ortho intramolecular Hbond substituents is 1. The van der Waals surface area contributed by atoms with Crippen LogP contribution in [-0.2, 0) is 0 Å². The third kappa shape index (κ3) is 3.25. The van der Waals surface area contributed by atoms with Crippen molar-refractivity contribution < 1.29 is 14.7 Å². The average Bonchev–Trinajstić information content (AvgIpc) is 2.54. The summed E-state index contributed by atoms with van der Waals surface area (Å²) >= 11 is 7.30. The lowest BCUT2D eigenvalue weighted by molar-refractivity contribution is 0.0976. The maximum atomic E-state index is 12.4. The molecule has 0 fully saturated rings. The zero-order valence-electron chi connectivity index (χ0n) is 11.9. The second-order valence-corrected chi connectivity index (χ2v) is 6.36. The van der Waals surface area contributed by atoms with Crippen LogP contribution in [0.4, 0.5) is 0 Å². The molecule has 0 unspecified atom stereocenters. The summed E-state index contributed by atoms with van der Waals surface area (Å²) in [6, 6.07) is 11.8. The third-order valence-electron chi connectivity index (χ3n) is 3.37. The Bertz CT molecular complexity index is 815. The van der Waals surface area contributed by atoms with E-state index in [0.29, 0.717) is 10.9 Å². The molecule has 1 aliphatic carbocycles. The van der Waals surface area contributed by atoms with Crippen molar-refractivity contribution in [2.75, 3.05) is 5.88 Å². The van der Waals surface area contributed by atoms with Gasteiger partial charge in [-0.25, -0.2) is 0 Å². The summed E-state index contributed by atoms with van der Waals surface area (Å²) in [5, 5.41) is 13.4. The van der Waals surface area contributed by atoms with Crippen LogP contribution in [0.5, 0.6) is 5.75 Å². The average molecular weight is 346 g/mol. The number of carbonyl (C=O) groups excluding carboxylic acids is 2. The third-order valence-corrected chi connectivity index (χ3v) is 4.52. The van der Waals surface area contributed by atoms with Crippen molar-refractivity contribution in [3.05, 3.63) is 70.4 Å². The first kappa shape index (κ1) is 15.6. The Morgan fingerprint density at radius 1 is 1.09 bits per heavy atom. The van der Waals surface area contributed by atoms with Crippen molar-refractivity contribution >= 4 is 34.9 Å². The SMILES string of the molecule is O=C1C=C(NCSc2ccc(Cl)cc2)C(=O)c2c(O)cccc21. The molecule has 4 nitrogen and oxygen atoms in total. The number of Topliss-reactive ketones (excluding diaryl/α,β-unsaturated/α-hetero) is 1. The number of benzene rings is 2. The Morgan fingerprint density at radius 2 is 1.83 bits per heavy atom. The van der Waals surface area contributed by atoms with E-state index >= 15 is 0 Å². The number of aromatic hydroxyl groups is 1. The molecule has 2 N–H and O–H groups in total. The van der Waals surface area contributed by atoms with Gasteiger partial charge in [-0.2, -0.15) is 0 Å². The van der Waals surface area contributed by atoms with E-state index in [1.165, 1.54) is 30.0 Å². The Labute approximate surface area is 142 Å². The highest BCUT2D eigenvalue weighted by Crippen LogP contribution is 2.28. The van der Waals surface area contributed by atoms with Gasteiger partial charge in [0, 0.05) is 21.6 Å². The summed E-state index contributed by atoms with van der Waals surface area (Å²) < 4.78 is 0. The van der Waals surface area contributed by atoms with Crippen LogP contribution in [0.1, 0.15) is 20.7 Å². The number of halogens is 1. The molecule has 2 aromatic carbocycles. The predicted molar refractivity (Wildman–Crippen MR) is 90.2 cm³/mol. The molecule has 0 radical (unpaired) electrons. The van der Waals surface area contributed by atoms with Crippen molar-refractivity contribution in [1.82, 2.24) is 5.32 Å². The van der Waals surface area contributed by atoms with E-state index in [9.17, 15) is 14.7 Å². The zero-order chi connectivity index (χ0) is 16.4. The quantitative estimate of drug-likeness (QED) is 0.654. The lowest BCUT2D eigenvalue weighted by Gasteiger charge is -2.17. The highest BCUT2D eigenvalue weighted by atomic mass is 35.5. The largest absolute Gasteiger partial charge is 0.507 e. The zero-order valence-corrected chi connectivity index (χ0v) is 13.4. The summed E-state index contributed by atoms with van der Waals surface area (Å²) in [5.74, 6) is -0.447. The van der Waals surface area contributed by atoms with Gasteiger partial charge in [0.2, 0.25) is 5.78 Å². The molecule has 116 valence electrons. The first-order valence-corrected chi connectivity index (χ1v) is 8.17. The molecule has 0 amide bonds. The molecule has 2 aromatic rings. The number of hydrogen-bond acceptors (Lipinski definition) is 5. The Balaban J connectivity index is 1.72. The molecule has 23 heavy (non-hydrogen) atoms. The Kier molecular flexibility index (Phi) is 4.41. The van der Waals surface area contributed by atoms with Gasteiger partial charge in [0.05, 0.1) is 17.1 Å². The van der Waals surface area contributed by atoms with Crippen LogP contribution in [0, 0.1) is 0 Å². The fourth-order valence-electron chi connectivity index (χ4n) is 2.25. The van der Waals surface area contributed by atoms with Gasteiger partial charge in [-0.05, 0) is 30.3 Å². The van der Waals surface area contributed by atoms with Crippen LogP contribution in [0.3, 0.4) is 0 Å². The van der Waals surface area contributed by atoms with E-state index in [1.54, 1.807) is 18.2 Å². The van der Waals surface area contributed by atoms with Crippen LogP contribution >= 0.6 is 23.4 Å². The number of thioether (sulfide) groups is 1. The number of hydrogen-bond donors (Lipinski definition) is 2. The number of nitrogens with one attached hydrogen (secondary N) is 1. The molecule has 0 bridgehead atoms. The molecule has 3 rings (SSSR count). The number of phenols is 1. The monoisotopic (exact) mass is 345 g/mol. The summed E-state index contributed by atoms with van der Waals surface area (Å²) in [5.41, 5.74) is 0.468. The molecular formula is C17H12ClNO3S. The summed E-state index contributed by atoms with van der Waals surface area (Å²) in [7, 11) is 0. The molecule has 0 aliphatic heterocycles. The highest BCUT2D eigenvalue weighted by molar-refractivity contribution is 7.99. The molecule has 0 heterocycles. The number of rotatable bonds is 4. The standard InChI is InChI=1S/C17H12ClNO3S/c18-10-4-6-11(7-5-10)23-9-19-13-8-15(21)12-2-1-3-14(20)16(12)17(13)22/h1-8,19-20H,9H2. The summed E-state index contributed by atoms with van der Waals surface area (Å²) in [4.78, 5) is 25.4. The molecule has 0 atom stereocenters. The highest BCUT2D eigenvalue weighted by Gasteiger charge is 2.27. The lowest BCUT2D eigenvalue weighted by Crippen LogP contribution is -2.26. The van der Waals surface area contributed by atoms with Crippen molar-refractivity contribution in [1.29, 1.82) is 0 Å². The maximum absolute atomic E-state index is 12.4. The number of allylic oxidation sites excluding steroid dienone is 2. The smallest absolute Gasteiger partial charge is 0.213 e. The van der Waals surface area contributed by atoms with Gasteiger partial charge in [0.1, 0.15) is 5.75 Å². The second-order valence-electron chi connectivity index (χ2n) is 4.87. The fourth-order valence-corrected chi connectivity index (χ4v) is 3.10. The maximum Gasteiger partial charge on any atom is 0.213 e. The molecule has 0 spiro atoms. The van der Waals surface area contributed by atoms with Gasteiger partial charge in [0.15, 0.2) is 5.78 Å². The van der Waals surface area contributed by atoms with Crippen molar-refractivity contribution in [2.24, 2.45) is 0 Å². The molecular weight excluding hydrogens is 334 g/mol. The first-order valence-electron chi connectivity index (χ1n) is 6.81. The van der Waals surface area contributed by atoms with Crippen LogP contribution in [0.25, 0.3) is 0 Å². The van der Waals surface area contributed by atoms with Crippen molar-refractivity contribution in [3.8, 4) is 5.75 Å². The van der Waals surface area contributed by atoms with E-state index < -0.39 is 0 Å². The van der Waals surface area contributed by atoms with E-state index in [-0.39, 0.29) is 34.1 Å². The van der Waals surface area contributed by atoms with E-state index in [2.05, 4.69) is 5.32 Å². The molecule has 0 saturated heterocycles. The van der Waals surface area contributed by atoms with Gasteiger partial charge in [-0.1, -0.05) is 23.7 Å². The van der Waals surface area contributed by atoms with Gasteiger partial charge < -0.3 is 10.4 Å². The van der Waals surface area contributed by atoms with Crippen LogP contribution < -0.4 is 5.32 Å². The second kappa shape index (κ2) is 6.48. The Morgan fingerprint density at radius 3 is 2.57 bits per heavy atom. The molecule has 6 heteroatoms. The van der Waals surface area contributed by atoms with E-state index in [0.717, 1.165) is 4.90 Å². The molecule has 0 aromatic heterocycles. The van der Waals surface area contributed by atoms with Crippen LogP contribution in [0.15, 0.2) is 59.1 Å². The minimum absolute atomic E-state index is 0.0546. The van der Waals surface area contributed by atoms with Gasteiger partial charge in [-0.3, -0.25) is 9.59 Å². The minimum Gasteiger partial charge on any atom is -0.507 e. The molecule has 0 saturated carbocycles.